The van der Waals surface area contributed by atoms with Crippen molar-refractivity contribution < 1.29 is 0 Å². The molecule has 0 bridgehead atoms. The molecule has 1 nitrogen and oxygen atoms in total. The summed E-state index contributed by atoms with van der Waals surface area (Å²) in [7, 11) is 0. The molecule has 1 heteroatoms. The van der Waals surface area contributed by atoms with E-state index in [2.05, 4.69) is 205 Å². The van der Waals surface area contributed by atoms with Gasteiger partial charge in [0.25, 0.3) is 0 Å². The summed E-state index contributed by atoms with van der Waals surface area (Å²) in [6.45, 7) is 0. The molecule has 0 N–H and O–H groups in total. The van der Waals surface area contributed by atoms with Crippen molar-refractivity contribution in [3.63, 3.8) is 0 Å². The molecular formula is C50H33N. The van der Waals surface area contributed by atoms with Crippen LogP contribution in [0, 0.1) is 0 Å². The molecule has 0 atom stereocenters. The predicted octanol–water partition coefficient (Wildman–Crippen LogP) is 14.3. The van der Waals surface area contributed by atoms with Crippen LogP contribution in [0.25, 0.3) is 76.1 Å². The average molecular weight is 648 g/mol. The number of hydrogen-bond acceptors (Lipinski definition) is 1. The lowest BCUT2D eigenvalue weighted by molar-refractivity contribution is 1.29. The van der Waals surface area contributed by atoms with Gasteiger partial charge >= 0.3 is 0 Å². The summed E-state index contributed by atoms with van der Waals surface area (Å²) >= 11 is 0. The van der Waals surface area contributed by atoms with E-state index >= 15 is 0 Å². The molecule has 0 aliphatic heterocycles. The highest BCUT2D eigenvalue weighted by Gasteiger charge is 2.16. The third kappa shape index (κ3) is 5.10. The van der Waals surface area contributed by atoms with Crippen molar-refractivity contribution >= 4 is 70.9 Å². The second-order valence-electron chi connectivity index (χ2n) is 13.4. The molecule has 0 aliphatic rings. The van der Waals surface area contributed by atoms with E-state index in [1.807, 2.05) is 0 Å². The zero-order chi connectivity index (χ0) is 33.7. The fraction of sp³-hybridized carbons (Fsp3) is 0. The van der Waals surface area contributed by atoms with Crippen LogP contribution in [0.2, 0.25) is 0 Å². The van der Waals surface area contributed by atoms with Crippen LogP contribution in [0.3, 0.4) is 0 Å². The van der Waals surface area contributed by atoms with Gasteiger partial charge in [0.2, 0.25) is 0 Å². The summed E-state index contributed by atoms with van der Waals surface area (Å²) in [6, 6.07) is 73.1. The van der Waals surface area contributed by atoms with Crippen molar-refractivity contribution in [3.05, 3.63) is 200 Å². The summed E-state index contributed by atoms with van der Waals surface area (Å²) < 4.78 is 0. The van der Waals surface area contributed by atoms with Crippen molar-refractivity contribution in [3.8, 4) is 22.3 Å². The molecule has 10 aromatic rings. The Morgan fingerprint density at radius 1 is 0.235 bits per heavy atom. The predicted molar refractivity (Wildman–Crippen MR) is 220 cm³/mol. The number of hydrogen-bond donors (Lipinski definition) is 0. The Hall–Kier alpha value is -6.70. The molecule has 238 valence electrons. The van der Waals surface area contributed by atoms with Crippen LogP contribution in [-0.2, 0) is 0 Å². The summed E-state index contributed by atoms with van der Waals surface area (Å²) in [5.74, 6) is 0. The van der Waals surface area contributed by atoms with Crippen LogP contribution in [0.1, 0.15) is 0 Å². The molecule has 10 rings (SSSR count). The average Bonchev–Trinajstić information content (AvgIpc) is 3.21. The fourth-order valence-corrected chi connectivity index (χ4v) is 7.86. The van der Waals surface area contributed by atoms with Crippen LogP contribution in [0.4, 0.5) is 17.1 Å². The lowest BCUT2D eigenvalue weighted by Crippen LogP contribution is -2.10. The number of anilines is 3. The van der Waals surface area contributed by atoms with Gasteiger partial charge in [-0.25, -0.2) is 0 Å². The highest BCUT2D eigenvalue weighted by Crippen LogP contribution is 2.41. The fourth-order valence-electron chi connectivity index (χ4n) is 7.86. The van der Waals surface area contributed by atoms with Crippen LogP contribution < -0.4 is 4.90 Å². The van der Waals surface area contributed by atoms with E-state index in [0.29, 0.717) is 0 Å². The molecule has 0 unspecified atom stereocenters. The number of rotatable bonds is 5. The van der Waals surface area contributed by atoms with Gasteiger partial charge in [0.15, 0.2) is 0 Å². The Labute approximate surface area is 297 Å². The molecule has 0 saturated heterocycles. The van der Waals surface area contributed by atoms with Gasteiger partial charge in [0, 0.05) is 17.1 Å². The number of nitrogens with zero attached hydrogens (tertiary/aromatic N) is 1. The van der Waals surface area contributed by atoms with Gasteiger partial charge in [0.05, 0.1) is 0 Å². The second kappa shape index (κ2) is 12.0. The van der Waals surface area contributed by atoms with E-state index in [-0.39, 0.29) is 0 Å². The maximum absolute atomic E-state index is 2.39. The van der Waals surface area contributed by atoms with Crippen molar-refractivity contribution in [2.45, 2.75) is 0 Å². The van der Waals surface area contributed by atoms with Crippen molar-refractivity contribution in [2.24, 2.45) is 0 Å². The molecule has 0 radical (unpaired) electrons. The SMILES string of the molecule is c1cc(-c2ccc3ccccc3c2)cc(N(c2ccc(-c3cccc4c3ccc3ccccc34)cc2)c2ccc3c(ccc4ccccc43)c2)c1. The summed E-state index contributed by atoms with van der Waals surface area (Å²) in [4.78, 5) is 2.39. The molecule has 0 heterocycles. The van der Waals surface area contributed by atoms with Gasteiger partial charge in [-0.3, -0.25) is 0 Å². The zero-order valence-corrected chi connectivity index (χ0v) is 28.0. The molecule has 10 aromatic carbocycles. The Bertz CT molecular complexity index is 2920. The van der Waals surface area contributed by atoms with E-state index in [1.54, 1.807) is 0 Å². The lowest BCUT2D eigenvalue weighted by Gasteiger charge is -2.27. The third-order valence-electron chi connectivity index (χ3n) is 10.4. The molecular weight excluding hydrogens is 615 g/mol. The van der Waals surface area contributed by atoms with Crippen molar-refractivity contribution in [2.75, 3.05) is 4.90 Å². The summed E-state index contributed by atoms with van der Waals surface area (Å²) in [5, 5.41) is 12.6. The van der Waals surface area contributed by atoms with E-state index in [9.17, 15) is 0 Å². The molecule has 51 heavy (non-hydrogen) atoms. The number of fused-ring (bicyclic) bond motifs is 7. The molecule has 0 amide bonds. The third-order valence-corrected chi connectivity index (χ3v) is 10.4. The van der Waals surface area contributed by atoms with E-state index < -0.39 is 0 Å². The topological polar surface area (TPSA) is 3.24 Å². The maximum Gasteiger partial charge on any atom is 0.0468 e. The Morgan fingerprint density at radius 3 is 1.59 bits per heavy atom. The van der Waals surface area contributed by atoms with Gasteiger partial charge in [0.1, 0.15) is 0 Å². The first-order valence-electron chi connectivity index (χ1n) is 17.6. The maximum atomic E-state index is 2.39. The lowest BCUT2D eigenvalue weighted by atomic mass is 9.94. The first-order valence-corrected chi connectivity index (χ1v) is 17.6. The van der Waals surface area contributed by atoms with Gasteiger partial charge in [-0.05, 0) is 119 Å². The minimum Gasteiger partial charge on any atom is -0.310 e. The zero-order valence-electron chi connectivity index (χ0n) is 28.0. The van der Waals surface area contributed by atoms with E-state index in [0.717, 1.165) is 17.1 Å². The first kappa shape index (κ1) is 29.2. The highest BCUT2D eigenvalue weighted by molar-refractivity contribution is 6.12. The molecule has 0 aromatic heterocycles. The quantitative estimate of drug-likeness (QED) is 0.168. The summed E-state index contributed by atoms with van der Waals surface area (Å²) in [6.07, 6.45) is 0. The van der Waals surface area contributed by atoms with E-state index in [1.165, 1.54) is 76.1 Å². The molecule has 0 fully saturated rings. The van der Waals surface area contributed by atoms with Crippen LogP contribution >= 0.6 is 0 Å². The minimum absolute atomic E-state index is 1.11. The van der Waals surface area contributed by atoms with Gasteiger partial charge in [-0.15, -0.1) is 0 Å². The molecule has 0 spiro atoms. The second-order valence-corrected chi connectivity index (χ2v) is 13.4. The first-order chi connectivity index (χ1) is 25.3. The largest absolute Gasteiger partial charge is 0.310 e. The normalized spacial score (nSPS) is 11.5. The Kier molecular flexibility index (Phi) is 6.89. The van der Waals surface area contributed by atoms with Crippen molar-refractivity contribution in [1.29, 1.82) is 0 Å². The van der Waals surface area contributed by atoms with Gasteiger partial charge in [-0.2, -0.15) is 0 Å². The highest BCUT2D eigenvalue weighted by atomic mass is 15.1. The van der Waals surface area contributed by atoms with Crippen LogP contribution in [-0.4, -0.2) is 0 Å². The van der Waals surface area contributed by atoms with Crippen LogP contribution in [0.15, 0.2) is 200 Å². The van der Waals surface area contributed by atoms with Crippen molar-refractivity contribution in [1.82, 2.24) is 0 Å². The Balaban J connectivity index is 1.11. The van der Waals surface area contributed by atoms with E-state index in [4.69, 9.17) is 0 Å². The minimum atomic E-state index is 1.11. The van der Waals surface area contributed by atoms with Gasteiger partial charge < -0.3 is 4.90 Å². The van der Waals surface area contributed by atoms with Gasteiger partial charge in [-0.1, -0.05) is 158 Å². The van der Waals surface area contributed by atoms with Crippen LogP contribution in [0.5, 0.6) is 0 Å². The molecule has 0 aliphatic carbocycles. The Morgan fingerprint density at radius 2 is 0.765 bits per heavy atom. The molecule has 0 saturated carbocycles. The monoisotopic (exact) mass is 647 g/mol. The standard InChI is InChI=1S/C50H33N/c1-2-12-38-31-40(21-19-34(38)9-1)39-13-7-14-43(32-39)51(44-28-30-48-41(33-44)22-20-35-10-3-5-15-45(35)48)42-26-23-37(24-27-42)47-17-8-18-49-46-16-6-4-11-36(46)25-29-50(47)49/h1-33H. The summed E-state index contributed by atoms with van der Waals surface area (Å²) in [5.41, 5.74) is 8.19. The smallest absolute Gasteiger partial charge is 0.0468 e. The number of benzene rings is 10.